The first-order valence-electron chi connectivity index (χ1n) is 7.99. The highest BCUT2D eigenvalue weighted by atomic mass is 16.6. The predicted molar refractivity (Wildman–Crippen MR) is 84.9 cm³/mol. The van der Waals surface area contributed by atoms with E-state index in [9.17, 15) is 4.79 Å². The van der Waals surface area contributed by atoms with Gasteiger partial charge in [-0.25, -0.2) is 9.78 Å². The van der Waals surface area contributed by atoms with Gasteiger partial charge in [-0.15, -0.1) is 0 Å². The van der Waals surface area contributed by atoms with E-state index in [1.54, 1.807) is 6.20 Å². The quantitative estimate of drug-likeness (QED) is 0.852. The van der Waals surface area contributed by atoms with Gasteiger partial charge in [0.25, 0.3) is 0 Å². The molecule has 5 nitrogen and oxygen atoms in total. The standard InChI is InChI=1S/C17H26N2O3/c1-17(2,3)22-16(20)19-12-7-5-8-14(19)10-13-21-15-9-4-6-11-18-15/h4,6,9,11,14H,5,7-8,10,12-13H2,1-3H3/t14-/m1/s1. The van der Waals surface area contributed by atoms with Gasteiger partial charge in [0.1, 0.15) is 5.60 Å². The van der Waals surface area contributed by atoms with Crippen molar-refractivity contribution in [3.8, 4) is 5.88 Å². The van der Waals surface area contributed by atoms with Gasteiger partial charge in [0.05, 0.1) is 6.61 Å². The van der Waals surface area contributed by atoms with E-state index in [0.717, 1.165) is 32.2 Å². The van der Waals surface area contributed by atoms with E-state index in [1.165, 1.54) is 0 Å². The van der Waals surface area contributed by atoms with Crippen molar-refractivity contribution in [3.63, 3.8) is 0 Å². The molecular formula is C17H26N2O3. The molecule has 0 radical (unpaired) electrons. The minimum atomic E-state index is -0.455. The van der Waals surface area contributed by atoms with Gasteiger partial charge in [-0.05, 0) is 46.1 Å². The molecule has 0 N–H and O–H groups in total. The van der Waals surface area contributed by atoms with Gasteiger partial charge in [0, 0.05) is 31.3 Å². The van der Waals surface area contributed by atoms with Gasteiger partial charge < -0.3 is 14.4 Å². The van der Waals surface area contributed by atoms with Crippen molar-refractivity contribution in [2.45, 2.75) is 58.1 Å². The normalized spacial score (nSPS) is 18.9. The molecule has 22 heavy (non-hydrogen) atoms. The molecule has 0 aromatic carbocycles. The summed E-state index contributed by atoms with van der Waals surface area (Å²) in [6, 6.07) is 5.79. The van der Waals surface area contributed by atoms with Crippen LogP contribution in [0.4, 0.5) is 4.79 Å². The molecule has 1 aliphatic heterocycles. The third-order valence-electron chi connectivity index (χ3n) is 3.59. The van der Waals surface area contributed by atoms with Crippen LogP contribution < -0.4 is 4.74 Å². The molecule has 1 aromatic rings. The van der Waals surface area contributed by atoms with Crippen molar-refractivity contribution in [2.75, 3.05) is 13.2 Å². The van der Waals surface area contributed by atoms with Crippen LogP contribution in [-0.4, -0.2) is 40.8 Å². The summed E-state index contributed by atoms with van der Waals surface area (Å²) in [5.41, 5.74) is -0.455. The van der Waals surface area contributed by atoms with E-state index in [4.69, 9.17) is 9.47 Å². The van der Waals surface area contributed by atoms with Gasteiger partial charge in [-0.2, -0.15) is 0 Å². The number of pyridine rings is 1. The lowest BCUT2D eigenvalue weighted by Gasteiger charge is -2.36. The maximum atomic E-state index is 12.3. The highest BCUT2D eigenvalue weighted by molar-refractivity contribution is 5.68. The first-order valence-corrected chi connectivity index (χ1v) is 7.99. The van der Waals surface area contributed by atoms with Crippen LogP contribution in [0.25, 0.3) is 0 Å². The van der Waals surface area contributed by atoms with Crippen molar-refractivity contribution in [1.82, 2.24) is 9.88 Å². The Bertz CT molecular complexity index is 471. The number of rotatable bonds is 4. The fourth-order valence-corrected chi connectivity index (χ4v) is 2.59. The first-order chi connectivity index (χ1) is 10.5. The molecule has 0 unspecified atom stereocenters. The number of carbonyl (C=O) groups excluding carboxylic acids is 1. The van der Waals surface area contributed by atoms with E-state index >= 15 is 0 Å². The Hall–Kier alpha value is -1.78. The Morgan fingerprint density at radius 2 is 2.18 bits per heavy atom. The molecule has 0 bridgehead atoms. The maximum Gasteiger partial charge on any atom is 0.410 e. The van der Waals surface area contributed by atoms with Gasteiger partial charge >= 0.3 is 6.09 Å². The van der Waals surface area contributed by atoms with Crippen LogP contribution in [-0.2, 0) is 4.74 Å². The second-order valence-corrected chi connectivity index (χ2v) is 6.63. The van der Waals surface area contributed by atoms with Gasteiger partial charge in [0.2, 0.25) is 5.88 Å². The minimum absolute atomic E-state index is 0.187. The summed E-state index contributed by atoms with van der Waals surface area (Å²) in [5.74, 6) is 0.627. The number of amides is 1. The largest absolute Gasteiger partial charge is 0.478 e. The fraction of sp³-hybridized carbons (Fsp3) is 0.647. The average Bonchev–Trinajstić information content (AvgIpc) is 2.47. The smallest absolute Gasteiger partial charge is 0.410 e. The molecule has 0 saturated carbocycles. The number of carbonyl (C=O) groups is 1. The highest BCUT2D eigenvalue weighted by Gasteiger charge is 2.30. The molecule has 5 heteroatoms. The SMILES string of the molecule is CC(C)(C)OC(=O)N1CCCC[C@@H]1CCOc1ccccn1. The summed E-state index contributed by atoms with van der Waals surface area (Å²) in [7, 11) is 0. The van der Waals surface area contributed by atoms with Crippen LogP contribution in [0, 0.1) is 0 Å². The average molecular weight is 306 g/mol. The summed E-state index contributed by atoms with van der Waals surface area (Å²) in [4.78, 5) is 18.3. The van der Waals surface area contributed by atoms with Crippen LogP contribution in [0.5, 0.6) is 5.88 Å². The second-order valence-electron chi connectivity index (χ2n) is 6.63. The lowest BCUT2D eigenvalue weighted by atomic mass is 10.0. The molecule has 2 heterocycles. The van der Waals surface area contributed by atoms with Gasteiger partial charge in [-0.1, -0.05) is 6.07 Å². The Morgan fingerprint density at radius 1 is 1.36 bits per heavy atom. The van der Waals surface area contributed by atoms with Crippen molar-refractivity contribution in [3.05, 3.63) is 24.4 Å². The highest BCUT2D eigenvalue weighted by Crippen LogP contribution is 2.22. The van der Waals surface area contributed by atoms with Crippen LogP contribution in [0.1, 0.15) is 46.5 Å². The topological polar surface area (TPSA) is 51.7 Å². The van der Waals surface area contributed by atoms with Crippen LogP contribution in [0.3, 0.4) is 0 Å². The summed E-state index contributed by atoms with van der Waals surface area (Å²) < 4.78 is 11.2. The van der Waals surface area contributed by atoms with Crippen LogP contribution in [0.15, 0.2) is 24.4 Å². The summed E-state index contributed by atoms with van der Waals surface area (Å²) >= 11 is 0. The number of aromatic nitrogens is 1. The number of hydrogen-bond donors (Lipinski definition) is 0. The first kappa shape index (κ1) is 16.6. The van der Waals surface area contributed by atoms with Crippen molar-refractivity contribution in [1.29, 1.82) is 0 Å². The lowest BCUT2D eigenvalue weighted by molar-refractivity contribution is 0.00738. The third-order valence-corrected chi connectivity index (χ3v) is 3.59. The molecule has 1 saturated heterocycles. The van der Waals surface area contributed by atoms with Crippen molar-refractivity contribution in [2.24, 2.45) is 0 Å². The van der Waals surface area contributed by atoms with Gasteiger partial charge in [0.15, 0.2) is 0 Å². The Labute approximate surface area is 132 Å². The fourth-order valence-electron chi connectivity index (χ4n) is 2.59. The molecule has 1 aromatic heterocycles. The van der Waals surface area contributed by atoms with E-state index in [2.05, 4.69) is 4.98 Å². The minimum Gasteiger partial charge on any atom is -0.478 e. The molecule has 0 spiro atoms. The number of likely N-dealkylation sites (tertiary alicyclic amines) is 1. The van der Waals surface area contributed by atoms with Gasteiger partial charge in [-0.3, -0.25) is 0 Å². The predicted octanol–water partition coefficient (Wildman–Crippen LogP) is 3.64. The molecule has 2 rings (SSSR count). The second kappa shape index (κ2) is 7.47. The molecule has 122 valence electrons. The maximum absolute atomic E-state index is 12.3. The number of hydrogen-bond acceptors (Lipinski definition) is 4. The van der Waals surface area contributed by atoms with E-state index in [-0.39, 0.29) is 12.1 Å². The Kier molecular flexibility index (Phi) is 5.63. The zero-order valence-electron chi connectivity index (χ0n) is 13.7. The van der Waals surface area contributed by atoms with E-state index in [1.807, 2.05) is 43.9 Å². The monoisotopic (exact) mass is 306 g/mol. The molecule has 1 amide bonds. The Balaban J connectivity index is 1.85. The third kappa shape index (κ3) is 5.20. The molecule has 1 fully saturated rings. The zero-order chi connectivity index (χ0) is 16.0. The van der Waals surface area contributed by atoms with Crippen molar-refractivity contribution >= 4 is 6.09 Å². The van der Waals surface area contributed by atoms with E-state index in [0.29, 0.717) is 12.5 Å². The number of nitrogens with zero attached hydrogens (tertiary/aromatic N) is 2. The van der Waals surface area contributed by atoms with Crippen molar-refractivity contribution < 1.29 is 14.3 Å². The Morgan fingerprint density at radius 3 is 2.86 bits per heavy atom. The van der Waals surface area contributed by atoms with Crippen LogP contribution in [0.2, 0.25) is 0 Å². The molecule has 1 atom stereocenters. The van der Waals surface area contributed by atoms with Crippen LogP contribution >= 0.6 is 0 Å². The van der Waals surface area contributed by atoms with E-state index < -0.39 is 5.60 Å². The summed E-state index contributed by atoms with van der Waals surface area (Å²) in [6.07, 6.45) is 5.49. The number of piperidine rings is 1. The lowest BCUT2D eigenvalue weighted by Crippen LogP contribution is -2.46. The molecule has 0 aliphatic carbocycles. The summed E-state index contributed by atoms with van der Waals surface area (Å²) in [5, 5.41) is 0. The summed E-state index contributed by atoms with van der Waals surface area (Å²) in [6.45, 7) is 7.01. The molecule has 1 aliphatic rings. The number of ether oxygens (including phenoxy) is 2. The molecular weight excluding hydrogens is 280 g/mol. The zero-order valence-corrected chi connectivity index (χ0v) is 13.7.